The summed E-state index contributed by atoms with van der Waals surface area (Å²) in [5.41, 5.74) is 3.35. The highest BCUT2D eigenvalue weighted by Crippen LogP contribution is 2.29. The van der Waals surface area contributed by atoms with Crippen molar-refractivity contribution in [2.24, 2.45) is 5.92 Å². The maximum Gasteiger partial charge on any atom is 0.0721 e. The summed E-state index contributed by atoms with van der Waals surface area (Å²) in [6.07, 6.45) is 3.00. The van der Waals surface area contributed by atoms with Crippen molar-refractivity contribution in [2.45, 2.75) is 25.7 Å². The van der Waals surface area contributed by atoms with E-state index < -0.39 is 0 Å². The first-order valence-electron chi connectivity index (χ1n) is 8.44. The van der Waals surface area contributed by atoms with Gasteiger partial charge in [-0.1, -0.05) is 66.7 Å². The quantitative estimate of drug-likeness (QED) is 0.752. The molecule has 0 heterocycles. The van der Waals surface area contributed by atoms with Crippen molar-refractivity contribution in [1.29, 1.82) is 0 Å². The van der Waals surface area contributed by atoms with Crippen molar-refractivity contribution in [2.75, 3.05) is 13.2 Å². The van der Waals surface area contributed by atoms with Crippen molar-refractivity contribution in [3.05, 3.63) is 83.4 Å². The SMILES string of the molecule is OCC1=CC[C@H](OCc2ccccc2)[C@H]1COCc1ccccc1. The van der Waals surface area contributed by atoms with Crippen LogP contribution in [0.1, 0.15) is 17.5 Å². The number of ether oxygens (including phenoxy) is 2. The summed E-state index contributed by atoms with van der Waals surface area (Å²) >= 11 is 0. The van der Waals surface area contributed by atoms with Crippen LogP contribution in [0.4, 0.5) is 0 Å². The predicted octanol–water partition coefficient (Wildman–Crippen LogP) is 3.73. The topological polar surface area (TPSA) is 38.7 Å². The lowest BCUT2D eigenvalue weighted by molar-refractivity contribution is -0.0155. The molecule has 0 unspecified atom stereocenters. The van der Waals surface area contributed by atoms with Gasteiger partial charge in [-0.05, 0) is 23.1 Å². The van der Waals surface area contributed by atoms with Gasteiger partial charge in [-0.15, -0.1) is 0 Å². The first-order chi connectivity index (χ1) is 11.9. The monoisotopic (exact) mass is 324 g/mol. The van der Waals surface area contributed by atoms with Crippen LogP contribution in [-0.4, -0.2) is 24.4 Å². The van der Waals surface area contributed by atoms with Gasteiger partial charge in [-0.2, -0.15) is 0 Å². The first-order valence-corrected chi connectivity index (χ1v) is 8.44. The van der Waals surface area contributed by atoms with E-state index in [2.05, 4.69) is 30.3 Å². The smallest absolute Gasteiger partial charge is 0.0721 e. The lowest BCUT2D eigenvalue weighted by Crippen LogP contribution is -2.26. The molecule has 0 saturated carbocycles. The van der Waals surface area contributed by atoms with E-state index >= 15 is 0 Å². The molecule has 0 aliphatic heterocycles. The minimum Gasteiger partial charge on any atom is -0.392 e. The fourth-order valence-electron chi connectivity index (χ4n) is 3.06. The Morgan fingerprint density at radius 3 is 2.12 bits per heavy atom. The normalized spacial score (nSPS) is 20.1. The van der Waals surface area contributed by atoms with Gasteiger partial charge < -0.3 is 14.6 Å². The van der Waals surface area contributed by atoms with Crippen molar-refractivity contribution in [3.8, 4) is 0 Å². The van der Waals surface area contributed by atoms with E-state index in [-0.39, 0.29) is 18.6 Å². The number of rotatable bonds is 8. The Morgan fingerprint density at radius 2 is 1.50 bits per heavy atom. The summed E-state index contributed by atoms with van der Waals surface area (Å²) in [5.74, 6) is 0.127. The molecule has 3 heteroatoms. The molecule has 3 nitrogen and oxygen atoms in total. The van der Waals surface area contributed by atoms with Gasteiger partial charge in [-0.3, -0.25) is 0 Å². The fraction of sp³-hybridized carbons (Fsp3) is 0.333. The summed E-state index contributed by atoms with van der Waals surface area (Å²) in [5, 5.41) is 9.58. The average molecular weight is 324 g/mol. The van der Waals surface area contributed by atoms with Crippen LogP contribution in [0.2, 0.25) is 0 Å². The second kappa shape index (κ2) is 8.78. The molecule has 0 bridgehead atoms. The minimum absolute atomic E-state index is 0.0723. The molecule has 1 aliphatic rings. The van der Waals surface area contributed by atoms with Crippen LogP contribution in [0.15, 0.2) is 72.3 Å². The van der Waals surface area contributed by atoms with Gasteiger partial charge in [0.25, 0.3) is 0 Å². The van der Waals surface area contributed by atoms with Crippen molar-refractivity contribution < 1.29 is 14.6 Å². The van der Waals surface area contributed by atoms with Crippen LogP contribution >= 0.6 is 0 Å². The molecule has 0 fully saturated rings. The van der Waals surface area contributed by atoms with E-state index in [1.54, 1.807) is 0 Å². The molecule has 0 amide bonds. The molecule has 0 spiro atoms. The molecule has 3 rings (SSSR count). The fourth-order valence-corrected chi connectivity index (χ4v) is 3.06. The number of hydrogen-bond donors (Lipinski definition) is 1. The van der Waals surface area contributed by atoms with Gasteiger partial charge in [0.15, 0.2) is 0 Å². The predicted molar refractivity (Wildman–Crippen MR) is 94.4 cm³/mol. The summed E-state index contributed by atoms with van der Waals surface area (Å²) < 4.78 is 12.0. The molecule has 0 saturated heterocycles. The summed E-state index contributed by atoms with van der Waals surface area (Å²) in [7, 11) is 0. The highest BCUT2D eigenvalue weighted by molar-refractivity contribution is 5.18. The third kappa shape index (κ3) is 4.54. The lowest BCUT2D eigenvalue weighted by atomic mass is 10.0. The first kappa shape index (κ1) is 16.9. The number of aliphatic hydroxyl groups excluding tert-OH is 1. The number of aliphatic hydroxyl groups is 1. The Bertz CT molecular complexity index is 637. The molecule has 0 aromatic heterocycles. The molecule has 24 heavy (non-hydrogen) atoms. The zero-order chi connectivity index (χ0) is 16.6. The van der Waals surface area contributed by atoms with Crippen LogP contribution in [0.5, 0.6) is 0 Å². The Morgan fingerprint density at radius 1 is 0.875 bits per heavy atom. The Balaban J connectivity index is 1.52. The minimum atomic E-state index is 0.0723. The van der Waals surface area contributed by atoms with E-state index in [1.807, 2.05) is 36.4 Å². The van der Waals surface area contributed by atoms with E-state index in [0.29, 0.717) is 19.8 Å². The van der Waals surface area contributed by atoms with Crippen LogP contribution in [0.25, 0.3) is 0 Å². The van der Waals surface area contributed by atoms with Crippen LogP contribution in [-0.2, 0) is 22.7 Å². The van der Waals surface area contributed by atoms with Gasteiger partial charge >= 0.3 is 0 Å². The summed E-state index contributed by atoms with van der Waals surface area (Å²) in [6.45, 7) is 1.82. The van der Waals surface area contributed by atoms with E-state index in [4.69, 9.17) is 9.47 Å². The zero-order valence-electron chi connectivity index (χ0n) is 13.8. The molecule has 1 N–H and O–H groups in total. The highest BCUT2D eigenvalue weighted by Gasteiger charge is 2.30. The van der Waals surface area contributed by atoms with Crippen LogP contribution < -0.4 is 0 Å². The molecule has 2 atom stereocenters. The maximum absolute atomic E-state index is 9.58. The van der Waals surface area contributed by atoms with Gasteiger partial charge in [-0.25, -0.2) is 0 Å². The molecular weight excluding hydrogens is 300 g/mol. The molecular formula is C21H24O3. The standard InChI is InChI=1S/C21H24O3/c22-13-19-11-12-21(24-15-18-9-5-2-6-10-18)20(19)16-23-14-17-7-3-1-4-8-17/h1-11,20-22H,12-16H2/t20-,21-/m0/s1. The van der Waals surface area contributed by atoms with E-state index in [0.717, 1.165) is 17.6 Å². The van der Waals surface area contributed by atoms with Gasteiger partial charge in [0, 0.05) is 5.92 Å². The number of benzene rings is 2. The van der Waals surface area contributed by atoms with Gasteiger partial charge in [0.1, 0.15) is 0 Å². The van der Waals surface area contributed by atoms with Crippen molar-refractivity contribution >= 4 is 0 Å². The Kier molecular flexibility index (Phi) is 6.19. The van der Waals surface area contributed by atoms with Crippen LogP contribution in [0.3, 0.4) is 0 Å². The third-order valence-electron chi connectivity index (χ3n) is 4.44. The maximum atomic E-state index is 9.58. The zero-order valence-corrected chi connectivity index (χ0v) is 13.8. The second-order valence-electron chi connectivity index (χ2n) is 6.12. The lowest BCUT2D eigenvalue weighted by Gasteiger charge is -2.23. The van der Waals surface area contributed by atoms with Crippen LogP contribution in [0, 0.1) is 5.92 Å². The molecule has 1 aliphatic carbocycles. The van der Waals surface area contributed by atoms with E-state index in [1.165, 1.54) is 5.56 Å². The summed E-state index contributed by atoms with van der Waals surface area (Å²) in [4.78, 5) is 0. The highest BCUT2D eigenvalue weighted by atomic mass is 16.5. The molecule has 2 aromatic carbocycles. The number of hydrogen-bond acceptors (Lipinski definition) is 3. The third-order valence-corrected chi connectivity index (χ3v) is 4.44. The summed E-state index contributed by atoms with van der Waals surface area (Å²) in [6, 6.07) is 20.3. The second-order valence-corrected chi connectivity index (χ2v) is 6.12. The van der Waals surface area contributed by atoms with Crippen molar-refractivity contribution in [3.63, 3.8) is 0 Å². The Hall–Kier alpha value is -1.94. The van der Waals surface area contributed by atoms with Gasteiger partial charge in [0.05, 0.1) is 32.5 Å². The molecule has 2 aromatic rings. The Labute approximate surface area is 143 Å². The average Bonchev–Trinajstić information content (AvgIpc) is 3.04. The van der Waals surface area contributed by atoms with E-state index in [9.17, 15) is 5.11 Å². The molecule has 0 radical (unpaired) electrons. The largest absolute Gasteiger partial charge is 0.392 e. The van der Waals surface area contributed by atoms with Crippen molar-refractivity contribution in [1.82, 2.24) is 0 Å². The molecule has 126 valence electrons. The van der Waals surface area contributed by atoms with Gasteiger partial charge in [0.2, 0.25) is 0 Å².